The molecular formula is C23H34IN5OS. The molecule has 3 rings (SSSR count). The molecule has 0 unspecified atom stereocenters. The van der Waals surface area contributed by atoms with E-state index in [2.05, 4.69) is 55.8 Å². The molecule has 8 heteroatoms. The van der Waals surface area contributed by atoms with Crippen molar-refractivity contribution in [2.45, 2.75) is 32.4 Å². The number of benzene rings is 1. The van der Waals surface area contributed by atoms with Crippen molar-refractivity contribution in [2.75, 3.05) is 45.7 Å². The lowest BCUT2D eigenvalue weighted by atomic mass is 10.1. The van der Waals surface area contributed by atoms with E-state index in [1.165, 1.54) is 35.4 Å². The number of nitrogens with one attached hydrogen (secondary N) is 1. The average molecular weight is 556 g/mol. The van der Waals surface area contributed by atoms with Crippen molar-refractivity contribution in [3.8, 4) is 0 Å². The molecule has 31 heavy (non-hydrogen) atoms. The van der Waals surface area contributed by atoms with Crippen LogP contribution in [0.5, 0.6) is 0 Å². The van der Waals surface area contributed by atoms with Crippen LogP contribution in [0, 0.1) is 0 Å². The third-order valence-corrected chi connectivity index (χ3v) is 6.18. The molecule has 0 bridgehead atoms. The van der Waals surface area contributed by atoms with Crippen molar-refractivity contribution >= 4 is 52.9 Å². The van der Waals surface area contributed by atoms with Crippen LogP contribution in [0.4, 0.5) is 5.69 Å². The Kier molecular flexibility index (Phi) is 10.6. The molecule has 2 aromatic rings. The predicted molar refractivity (Wildman–Crippen MR) is 142 cm³/mol. The molecule has 1 saturated heterocycles. The van der Waals surface area contributed by atoms with Crippen LogP contribution < -0.4 is 10.2 Å². The topological polar surface area (TPSA) is 51.2 Å². The molecule has 170 valence electrons. The van der Waals surface area contributed by atoms with E-state index in [1.807, 2.05) is 13.1 Å². The lowest BCUT2D eigenvalue weighted by Crippen LogP contribution is -2.39. The summed E-state index contributed by atoms with van der Waals surface area (Å²) < 4.78 is 0. The van der Waals surface area contributed by atoms with E-state index in [-0.39, 0.29) is 36.4 Å². The number of guanidine groups is 1. The summed E-state index contributed by atoms with van der Waals surface area (Å²) in [5.41, 5.74) is 2.53. The van der Waals surface area contributed by atoms with Gasteiger partial charge in [0, 0.05) is 51.3 Å². The van der Waals surface area contributed by atoms with Gasteiger partial charge in [-0.05, 0) is 48.4 Å². The average Bonchev–Trinajstić information content (AvgIpc) is 3.28. The Morgan fingerprint density at radius 1 is 1.10 bits per heavy atom. The van der Waals surface area contributed by atoms with Crippen molar-refractivity contribution < 1.29 is 4.79 Å². The van der Waals surface area contributed by atoms with Gasteiger partial charge in [0.25, 0.3) is 0 Å². The van der Waals surface area contributed by atoms with E-state index in [4.69, 9.17) is 0 Å². The molecule has 0 aliphatic carbocycles. The zero-order valence-electron chi connectivity index (χ0n) is 18.7. The summed E-state index contributed by atoms with van der Waals surface area (Å²) in [4.78, 5) is 23.9. The summed E-state index contributed by atoms with van der Waals surface area (Å²) in [6, 6.07) is 13.0. The number of aliphatic imine (C=N–C) groups is 1. The first-order chi connectivity index (χ1) is 14.5. The van der Waals surface area contributed by atoms with Gasteiger partial charge < -0.3 is 20.0 Å². The maximum Gasteiger partial charge on any atom is 0.243 e. The standard InChI is InChI=1S/C23H33N5OS.HI/c1-26(2)22(29)17-25-23(24-16-21-8-7-15-30-21)27(3)18-19-9-11-20(12-10-19)28-13-5-4-6-14-28;/h7-12,15H,4-6,13-14,16-18H2,1-3H3,(H,24,25);1H. The Morgan fingerprint density at radius 3 is 2.42 bits per heavy atom. The fourth-order valence-electron chi connectivity index (χ4n) is 3.49. The second-order valence-electron chi connectivity index (χ2n) is 7.93. The van der Waals surface area contributed by atoms with Crippen LogP contribution in [0.3, 0.4) is 0 Å². The van der Waals surface area contributed by atoms with Gasteiger partial charge in [-0.15, -0.1) is 35.3 Å². The molecule has 1 aromatic carbocycles. The van der Waals surface area contributed by atoms with Gasteiger partial charge in [-0.1, -0.05) is 18.2 Å². The van der Waals surface area contributed by atoms with Crippen molar-refractivity contribution in [1.29, 1.82) is 0 Å². The van der Waals surface area contributed by atoms with Crippen LogP contribution in [0.1, 0.15) is 29.7 Å². The molecule has 6 nitrogen and oxygen atoms in total. The lowest BCUT2D eigenvalue weighted by molar-refractivity contribution is -0.127. The summed E-state index contributed by atoms with van der Waals surface area (Å²) in [5, 5.41) is 5.47. The van der Waals surface area contributed by atoms with Gasteiger partial charge in [0.05, 0.1) is 6.54 Å². The van der Waals surface area contributed by atoms with Crippen LogP contribution in [-0.4, -0.2) is 62.4 Å². The first kappa shape index (κ1) is 25.5. The van der Waals surface area contributed by atoms with Crippen molar-refractivity contribution in [2.24, 2.45) is 4.99 Å². The Bertz CT molecular complexity index is 817. The van der Waals surface area contributed by atoms with Gasteiger partial charge in [0.2, 0.25) is 5.91 Å². The summed E-state index contributed by atoms with van der Waals surface area (Å²) in [6.45, 7) is 3.88. The molecular weight excluding hydrogens is 521 g/mol. The molecule has 0 radical (unpaired) electrons. The van der Waals surface area contributed by atoms with Crippen molar-refractivity contribution in [3.63, 3.8) is 0 Å². The molecule has 0 saturated carbocycles. The molecule has 1 aliphatic rings. The van der Waals surface area contributed by atoms with Gasteiger partial charge in [-0.2, -0.15) is 0 Å². The van der Waals surface area contributed by atoms with Crippen LogP contribution in [0.15, 0.2) is 46.8 Å². The quantitative estimate of drug-likeness (QED) is 0.319. The highest BCUT2D eigenvalue weighted by atomic mass is 127. The summed E-state index contributed by atoms with van der Waals surface area (Å²) in [5.74, 6) is 0.725. The number of carbonyl (C=O) groups is 1. The smallest absolute Gasteiger partial charge is 0.243 e. The number of thiophene rings is 1. The molecule has 1 aliphatic heterocycles. The maximum atomic E-state index is 12.0. The number of hydrogen-bond donors (Lipinski definition) is 1. The highest BCUT2D eigenvalue weighted by Gasteiger charge is 2.13. The fraction of sp³-hybridized carbons (Fsp3) is 0.478. The number of likely N-dealkylation sites (N-methyl/N-ethyl adjacent to an activating group) is 1. The second-order valence-corrected chi connectivity index (χ2v) is 8.96. The van der Waals surface area contributed by atoms with E-state index < -0.39 is 0 Å². The Balaban J connectivity index is 0.00000341. The van der Waals surface area contributed by atoms with E-state index in [9.17, 15) is 4.79 Å². The summed E-state index contributed by atoms with van der Waals surface area (Å²) in [6.07, 6.45) is 3.91. The van der Waals surface area contributed by atoms with Gasteiger partial charge in [-0.25, -0.2) is 4.99 Å². The largest absolute Gasteiger partial charge is 0.372 e. The molecule has 1 N–H and O–H groups in total. The second kappa shape index (κ2) is 12.9. The SMILES string of the molecule is CN(C)C(=O)CN=C(NCc1cccs1)N(C)Cc1ccc(N2CCCCC2)cc1.I. The van der Waals surface area contributed by atoms with Gasteiger partial charge >= 0.3 is 0 Å². The number of carbonyl (C=O) groups excluding carboxylic acids is 1. The maximum absolute atomic E-state index is 12.0. The molecule has 1 aromatic heterocycles. The molecule has 0 atom stereocenters. The number of rotatable bonds is 7. The van der Waals surface area contributed by atoms with E-state index in [0.29, 0.717) is 6.54 Å². The van der Waals surface area contributed by atoms with E-state index in [0.717, 1.165) is 25.6 Å². The van der Waals surface area contributed by atoms with Gasteiger partial charge in [0.1, 0.15) is 6.54 Å². The van der Waals surface area contributed by atoms with Crippen molar-refractivity contribution in [3.05, 3.63) is 52.2 Å². The minimum absolute atomic E-state index is 0. The van der Waals surface area contributed by atoms with E-state index >= 15 is 0 Å². The Hall–Kier alpha value is -1.81. The van der Waals surface area contributed by atoms with Crippen LogP contribution >= 0.6 is 35.3 Å². The third kappa shape index (κ3) is 7.99. The predicted octanol–water partition coefficient (Wildman–Crippen LogP) is 4.02. The van der Waals surface area contributed by atoms with Gasteiger partial charge in [0.15, 0.2) is 5.96 Å². The van der Waals surface area contributed by atoms with Crippen LogP contribution in [0.2, 0.25) is 0 Å². The highest BCUT2D eigenvalue weighted by Crippen LogP contribution is 2.20. The molecule has 0 spiro atoms. The summed E-state index contributed by atoms with van der Waals surface area (Å²) >= 11 is 1.71. The minimum atomic E-state index is -0.00953. The monoisotopic (exact) mass is 555 g/mol. The third-order valence-electron chi connectivity index (χ3n) is 5.30. The Labute approximate surface area is 207 Å². The highest BCUT2D eigenvalue weighted by molar-refractivity contribution is 14.0. The van der Waals surface area contributed by atoms with Crippen molar-refractivity contribution in [1.82, 2.24) is 15.1 Å². The Morgan fingerprint density at radius 2 is 1.81 bits per heavy atom. The number of anilines is 1. The molecule has 2 heterocycles. The summed E-state index contributed by atoms with van der Waals surface area (Å²) in [7, 11) is 5.52. The zero-order valence-corrected chi connectivity index (χ0v) is 21.9. The number of hydrogen-bond acceptors (Lipinski definition) is 4. The van der Waals surface area contributed by atoms with Crippen LogP contribution in [0.25, 0.3) is 0 Å². The van der Waals surface area contributed by atoms with Crippen LogP contribution in [-0.2, 0) is 17.9 Å². The fourth-order valence-corrected chi connectivity index (χ4v) is 4.13. The first-order valence-electron chi connectivity index (χ1n) is 10.6. The number of piperidine rings is 1. The number of nitrogens with zero attached hydrogens (tertiary/aromatic N) is 4. The zero-order chi connectivity index (χ0) is 21.3. The first-order valence-corrected chi connectivity index (χ1v) is 11.5. The molecule has 1 fully saturated rings. The van der Waals surface area contributed by atoms with E-state index in [1.54, 1.807) is 30.3 Å². The number of halogens is 1. The lowest BCUT2D eigenvalue weighted by Gasteiger charge is -2.29. The molecule has 1 amide bonds. The van der Waals surface area contributed by atoms with Gasteiger partial charge in [-0.3, -0.25) is 4.79 Å². The minimum Gasteiger partial charge on any atom is -0.372 e. The number of amides is 1. The normalized spacial score (nSPS) is 14.0.